The number of nitrogens with zero attached hydrogens (tertiary/aromatic N) is 2. The fraction of sp³-hybridized carbons (Fsp3) is 0.714. The molecule has 1 heterocycles. The summed E-state index contributed by atoms with van der Waals surface area (Å²) in [6.45, 7) is 8.14. The second-order valence-electron chi connectivity index (χ2n) is 5.13. The molecule has 0 aromatic rings. The number of halogens is 1. The normalized spacial score (nSPS) is 16.6. The van der Waals surface area contributed by atoms with Crippen LogP contribution in [0.4, 0.5) is 0 Å². The first kappa shape index (κ1) is 21.1. The van der Waals surface area contributed by atoms with Crippen LogP contribution in [-0.4, -0.2) is 69.5 Å². The van der Waals surface area contributed by atoms with Crippen molar-refractivity contribution in [2.45, 2.75) is 19.1 Å². The monoisotopic (exact) mass is 426 g/mol. The molecule has 1 fully saturated rings. The van der Waals surface area contributed by atoms with Gasteiger partial charge >= 0.3 is 0 Å². The lowest BCUT2D eigenvalue weighted by Gasteiger charge is -2.22. The molecule has 0 aliphatic carbocycles. The third kappa shape index (κ3) is 7.95. The van der Waals surface area contributed by atoms with Crippen LogP contribution in [-0.2, 0) is 14.3 Å². The van der Waals surface area contributed by atoms with Crippen LogP contribution in [0.3, 0.4) is 0 Å². The number of rotatable bonds is 7. The summed E-state index contributed by atoms with van der Waals surface area (Å²) in [6, 6.07) is 0. The summed E-state index contributed by atoms with van der Waals surface area (Å²) in [5.41, 5.74) is 0. The molecule has 2 N–H and O–H groups in total. The van der Waals surface area contributed by atoms with Gasteiger partial charge in [-0.25, -0.2) is 4.99 Å². The lowest BCUT2D eigenvalue weighted by Crippen LogP contribution is -2.41. The van der Waals surface area contributed by atoms with Gasteiger partial charge in [0.05, 0.1) is 13.2 Å². The minimum atomic E-state index is -0.532. The molecular weight excluding hydrogens is 399 g/mol. The van der Waals surface area contributed by atoms with Crippen LogP contribution < -0.4 is 10.6 Å². The fourth-order valence-corrected chi connectivity index (χ4v) is 1.74. The maximum Gasteiger partial charge on any atom is 0.243 e. The number of amides is 1. The second-order valence-corrected chi connectivity index (χ2v) is 5.13. The third-order valence-corrected chi connectivity index (χ3v) is 3.05. The highest BCUT2D eigenvalue weighted by Gasteiger charge is 2.30. The van der Waals surface area contributed by atoms with E-state index in [2.05, 4.69) is 22.2 Å². The van der Waals surface area contributed by atoms with Crippen molar-refractivity contribution in [1.29, 1.82) is 0 Å². The summed E-state index contributed by atoms with van der Waals surface area (Å²) in [6.07, 6.45) is 2.43. The molecule has 0 atom stereocenters. The second kappa shape index (κ2) is 10.8. The molecule has 0 spiro atoms. The van der Waals surface area contributed by atoms with E-state index in [0.29, 0.717) is 38.7 Å². The van der Waals surface area contributed by atoms with Crippen LogP contribution in [0.25, 0.3) is 0 Å². The van der Waals surface area contributed by atoms with E-state index in [4.69, 9.17) is 9.47 Å². The first-order chi connectivity index (χ1) is 9.97. The Morgan fingerprint density at radius 1 is 1.36 bits per heavy atom. The molecule has 1 amide bonds. The molecule has 0 radical (unpaired) electrons. The molecular formula is C14H27IN4O3. The molecule has 1 rings (SSSR count). The van der Waals surface area contributed by atoms with Crippen molar-refractivity contribution in [1.82, 2.24) is 15.5 Å². The number of guanidine groups is 1. The van der Waals surface area contributed by atoms with Crippen molar-refractivity contribution < 1.29 is 14.3 Å². The van der Waals surface area contributed by atoms with Crippen molar-refractivity contribution in [3.8, 4) is 0 Å². The van der Waals surface area contributed by atoms with Crippen molar-refractivity contribution >= 4 is 35.8 Å². The SMILES string of the molecule is C=CCNC(=NCC(=O)N(C)C)NCCC1(C)OCCO1.I. The van der Waals surface area contributed by atoms with Crippen molar-refractivity contribution in [2.24, 2.45) is 4.99 Å². The van der Waals surface area contributed by atoms with Gasteiger partial charge in [-0.2, -0.15) is 0 Å². The summed E-state index contributed by atoms with van der Waals surface area (Å²) < 4.78 is 11.1. The van der Waals surface area contributed by atoms with Crippen LogP contribution in [0.2, 0.25) is 0 Å². The quantitative estimate of drug-likeness (QED) is 0.270. The zero-order valence-corrected chi connectivity index (χ0v) is 15.9. The highest BCUT2D eigenvalue weighted by Crippen LogP contribution is 2.21. The lowest BCUT2D eigenvalue weighted by molar-refractivity contribution is -0.145. The number of nitrogens with one attached hydrogen (secondary N) is 2. The number of hydrogen-bond acceptors (Lipinski definition) is 4. The summed E-state index contributed by atoms with van der Waals surface area (Å²) in [5.74, 6) is -0.00783. The molecule has 1 aliphatic heterocycles. The summed E-state index contributed by atoms with van der Waals surface area (Å²) in [5, 5.41) is 6.23. The van der Waals surface area contributed by atoms with E-state index in [1.165, 1.54) is 4.90 Å². The smallest absolute Gasteiger partial charge is 0.243 e. The van der Waals surface area contributed by atoms with Gasteiger partial charge in [0.15, 0.2) is 11.7 Å². The van der Waals surface area contributed by atoms with Crippen LogP contribution in [0.15, 0.2) is 17.6 Å². The molecule has 0 bridgehead atoms. The molecule has 7 nitrogen and oxygen atoms in total. The Bertz CT molecular complexity index is 382. The Morgan fingerprint density at radius 2 is 2.00 bits per heavy atom. The minimum absolute atomic E-state index is 0. The van der Waals surface area contributed by atoms with E-state index in [-0.39, 0.29) is 36.4 Å². The maximum absolute atomic E-state index is 11.6. The number of aliphatic imine (C=N–C) groups is 1. The molecule has 0 saturated carbocycles. The molecule has 128 valence electrons. The number of likely N-dealkylation sites (N-methyl/N-ethyl adjacent to an activating group) is 1. The summed E-state index contributed by atoms with van der Waals surface area (Å²) >= 11 is 0. The van der Waals surface area contributed by atoms with Gasteiger partial charge in [-0.3, -0.25) is 4.79 Å². The van der Waals surface area contributed by atoms with Crippen LogP contribution in [0.5, 0.6) is 0 Å². The first-order valence-electron chi connectivity index (χ1n) is 7.08. The Morgan fingerprint density at radius 3 is 2.55 bits per heavy atom. The maximum atomic E-state index is 11.6. The average Bonchev–Trinajstić information content (AvgIpc) is 2.87. The van der Waals surface area contributed by atoms with Gasteiger partial charge in [-0.1, -0.05) is 6.08 Å². The van der Waals surface area contributed by atoms with Crippen LogP contribution in [0, 0.1) is 0 Å². The van der Waals surface area contributed by atoms with Gasteiger partial charge in [-0.05, 0) is 6.92 Å². The molecule has 1 saturated heterocycles. The highest BCUT2D eigenvalue weighted by molar-refractivity contribution is 14.0. The number of hydrogen-bond donors (Lipinski definition) is 2. The van der Waals surface area contributed by atoms with E-state index in [9.17, 15) is 4.79 Å². The van der Waals surface area contributed by atoms with Crippen molar-refractivity contribution in [2.75, 3.05) is 46.9 Å². The van der Waals surface area contributed by atoms with Gasteiger partial charge in [0.25, 0.3) is 0 Å². The van der Waals surface area contributed by atoms with Gasteiger partial charge in [0, 0.05) is 33.6 Å². The number of carbonyl (C=O) groups excluding carboxylic acids is 1. The zero-order chi connectivity index (χ0) is 15.7. The summed E-state index contributed by atoms with van der Waals surface area (Å²) in [7, 11) is 3.41. The molecule has 8 heteroatoms. The molecule has 22 heavy (non-hydrogen) atoms. The fourth-order valence-electron chi connectivity index (χ4n) is 1.74. The van der Waals surface area contributed by atoms with E-state index in [0.717, 1.165) is 0 Å². The molecule has 0 aromatic heterocycles. The predicted molar refractivity (Wildman–Crippen MR) is 97.5 cm³/mol. The van der Waals surface area contributed by atoms with E-state index < -0.39 is 5.79 Å². The standard InChI is InChI=1S/C14H26N4O3.HI/c1-5-7-15-13(17-11-12(19)18(3)4)16-8-6-14(2)20-9-10-21-14;/h5H,1,6-11H2,2-4H3,(H2,15,16,17);1H. The predicted octanol–water partition coefficient (Wildman–Crippen LogP) is 0.567. The molecule has 1 aliphatic rings. The Labute approximate surface area is 149 Å². The van der Waals surface area contributed by atoms with E-state index in [1.807, 2.05) is 6.92 Å². The lowest BCUT2D eigenvalue weighted by atomic mass is 10.2. The van der Waals surface area contributed by atoms with Crippen LogP contribution in [0.1, 0.15) is 13.3 Å². The first-order valence-corrected chi connectivity index (χ1v) is 7.08. The average molecular weight is 426 g/mol. The number of ether oxygens (including phenoxy) is 2. The summed E-state index contributed by atoms with van der Waals surface area (Å²) in [4.78, 5) is 17.3. The molecule has 0 aromatic carbocycles. The largest absolute Gasteiger partial charge is 0.356 e. The topological polar surface area (TPSA) is 75.2 Å². The van der Waals surface area contributed by atoms with Crippen molar-refractivity contribution in [3.63, 3.8) is 0 Å². The van der Waals surface area contributed by atoms with Crippen LogP contribution >= 0.6 is 24.0 Å². The number of carbonyl (C=O) groups is 1. The Balaban J connectivity index is 0.00000441. The van der Waals surface area contributed by atoms with E-state index >= 15 is 0 Å². The Hall–Kier alpha value is -0.870. The minimum Gasteiger partial charge on any atom is -0.356 e. The molecule has 0 unspecified atom stereocenters. The van der Waals surface area contributed by atoms with Gasteiger partial charge in [0.2, 0.25) is 5.91 Å². The van der Waals surface area contributed by atoms with Gasteiger partial charge in [-0.15, -0.1) is 30.6 Å². The van der Waals surface area contributed by atoms with Gasteiger partial charge in [0.1, 0.15) is 6.54 Å². The van der Waals surface area contributed by atoms with Gasteiger partial charge < -0.3 is 25.0 Å². The van der Waals surface area contributed by atoms with E-state index in [1.54, 1.807) is 20.2 Å². The highest BCUT2D eigenvalue weighted by atomic mass is 127. The van der Waals surface area contributed by atoms with Crippen molar-refractivity contribution in [3.05, 3.63) is 12.7 Å². The zero-order valence-electron chi connectivity index (χ0n) is 13.6. The Kier molecular flexibility index (Phi) is 10.4. The third-order valence-electron chi connectivity index (χ3n) is 3.05.